The van der Waals surface area contributed by atoms with Crippen molar-refractivity contribution >= 4 is 10.9 Å². The highest BCUT2D eigenvalue weighted by atomic mass is 16.3. The van der Waals surface area contributed by atoms with Gasteiger partial charge in [0.2, 0.25) is 5.88 Å². The van der Waals surface area contributed by atoms with Crippen LogP contribution in [0.25, 0.3) is 10.9 Å². The molecule has 98 valence electrons. The number of aromatic amines is 2. The van der Waals surface area contributed by atoms with E-state index in [1.54, 1.807) is 6.92 Å². The topological polar surface area (TPSA) is 73.8 Å². The van der Waals surface area contributed by atoms with E-state index in [0.717, 1.165) is 16.5 Å². The molecule has 3 N–H and O–H groups in total. The molecule has 0 radical (unpaired) electrons. The van der Waals surface area contributed by atoms with Crippen LogP contribution in [-0.2, 0) is 13.0 Å². The zero-order valence-corrected chi connectivity index (χ0v) is 10.6. The maximum atomic E-state index is 11.6. The predicted octanol–water partition coefficient (Wildman–Crippen LogP) is 1.91. The van der Waals surface area contributed by atoms with Crippen LogP contribution in [-0.4, -0.2) is 19.6 Å². The molecule has 0 unspecified atom stereocenters. The average molecular weight is 257 g/mol. The van der Waals surface area contributed by atoms with Gasteiger partial charge in [0.05, 0.1) is 5.69 Å². The minimum absolute atomic E-state index is 0.0184. The lowest BCUT2D eigenvalue weighted by atomic mass is 10.1. The third-order valence-electron chi connectivity index (χ3n) is 3.41. The third kappa shape index (κ3) is 1.93. The molecule has 0 fully saturated rings. The Morgan fingerprint density at radius 1 is 1.32 bits per heavy atom. The molecule has 3 aromatic rings. The summed E-state index contributed by atoms with van der Waals surface area (Å²) in [7, 11) is 0. The Labute approximate surface area is 109 Å². The number of imidazole rings is 1. The number of aromatic hydroxyl groups is 1. The lowest BCUT2D eigenvalue weighted by molar-refractivity contribution is 0.410. The number of benzene rings is 1. The van der Waals surface area contributed by atoms with Crippen molar-refractivity contribution in [3.8, 4) is 5.88 Å². The number of rotatable bonds is 3. The van der Waals surface area contributed by atoms with E-state index in [-0.39, 0.29) is 11.6 Å². The van der Waals surface area contributed by atoms with Gasteiger partial charge in [-0.15, -0.1) is 0 Å². The Morgan fingerprint density at radius 2 is 2.11 bits per heavy atom. The second-order valence-electron chi connectivity index (χ2n) is 4.64. The van der Waals surface area contributed by atoms with E-state index in [1.165, 1.54) is 4.57 Å². The van der Waals surface area contributed by atoms with Gasteiger partial charge in [0.15, 0.2) is 0 Å². The summed E-state index contributed by atoms with van der Waals surface area (Å²) in [6, 6.07) is 8.04. The highest BCUT2D eigenvalue weighted by molar-refractivity contribution is 5.82. The fourth-order valence-corrected chi connectivity index (χ4v) is 2.36. The summed E-state index contributed by atoms with van der Waals surface area (Å²) < 4.78 is 1.36. The molecule has 3 rings (SSSR count). The van der Waals surface area contributed by atoms with Crippen LogP contribution in [0, 0.1) is 6.92 Å². The second-order valence-corrected chi connectivity index (χ2v) is 4.64. The number of para-hydroxylation sites is 1. The Kier molecular flexibility index (Phi) is 2.67. The van der Waals surface area contributed by atoms with Gasteiger partial charge in [0, 0.05) is 23.6 Å². The van der Waals surface area contributed by atoms with Gasteiger partial charge in [0.1, 0.15) is 0 Å². The third-order valence-corrected chi connectivity index (χ3v) is 3.41. The molecular weight excluding hydrogens is 242 g/mol. The van der Waals surface area contributed by atoms with Crippen molar-refractivity contribution in [2.24, 2.45) is 0 Å². The van der Waals surface area contributed by atoms with Gasteiger partial charge >= 0.3 is 5.69 Å². The molecular formula is C14H15N3O2. The van der Waals surface area contributed by atoms with Crippen molar-refractivity contribution in [1.82, 2.24) is 14.5 Å². The number of hydrogen-bond donors (Lipinski definition) is 3. The summed E-state index contributed by atoms with van der Waals surface area (Å²) in [6.07, 6.45) is 2.64. The zero-order chi connectivity index (χ0) is 13.4. The number of nitrogens with zero attached hydrogens (tertiary/aromatic N) is 1. The molecule has 0 bridgehead atoms. The van der Waals surface area contributed by atoms with Gasteiger partial charge in [-0.3, -0.25) is 4.57 Å². The van der Waals surface area contributed by atoms with E-state index in [4.69, 9.17) is 0 Å². The maximum absolute atomic E-state index is 11.6. The Balaban J connectivity index is 1.88. The van der Waals surface area contributed by atoms with Crippen LogP contribution in [0.2, 0.25) is 0 Å². The molecule has 0 saturated heterocycles. The average Bonchev–Trinajstić information content (AvgIpc) is 2.91. The quantitative estimate of drug-likeness (QED) is 0.670. The Morgan fingerprint density at radius 3 is 2.84 bits per heavy atom. The highest BCUT2D eigenvalue weighted by Crippen LogP contribution is 2.19. The summed E-state index contributed by atoms with van der Waals surface area (Å²) in [4.78, 5) is 17.4. The molecule has 0 spiro atoms. The fraction of sp³-hybridized carbons (Fsp3) is 0.214. The molecule has 0 saturated carbocycles. The van der Waals surface area contributed by atoms with E-state index >= 15 is 0 Å². The normalized spacial score (nSPS) is 11.2. The van der Waals surface area contributed by atoms with E-state index in [2.05, 4.69) is 9.97 Å². The predicted molar refractivity (Wildman–Crippen MR) is 73.5 cm³/mol. The maximum Gasteiger partial charge on any atom is 0.328 e. The van der Waals surface area contributed by atoms with Gasteiger partial charge in [-0.2, -0.15) is 0 Å². The van der Waals surface area contributed by atoms with E-state index in [1.807, 2.05) is 30.5 Å². The first-order valence-corrected chi connectivity index (χ1v) is 6.20. The molecule has 0 amide bonds. The van der Waals surface area contributed by atoms with Crippen molar-refractivity contribution in [2.75, 3.05) is 0 Å². The molecule has 1 aromatic carbocycles. The molecule has 5 nitrogen and oxygen atoms in total. The molecule has 2 heterocycles. The lowest BCUT2D eigenvalue weighted by Gasteiger charge is -2.02. The molecule has 0 atom stereocenters. The van der Waals surface area contributed by atoms with Gasteiger partial charge in [0.25, 0.3) is 0 Å². The van der Waals surface area contributed by atoms with Crippen LogP contribution >= 0.6 is 0 Å². The first-order valence-electron chi connectivity index (χ1n) is 6.20. The largest absolute Gasteiger partial charge is 0.493 e. The van der Waals surface area contributed by atoms with Gasteiger partial charge in [-0.05, 0) is 25.0 Å². The van der Waals surface area contributed by atoms with Crippen molar-refractivity contribution < 1.29 is 5.11 Å². The number of aromatic nitrogens is 3. The number of nitrogens with one attached hydrogen (secondary N) is 2. The SMILES string of the molecule is Cc1[nH]c(=O)n(CCc2c[nH]c3ccccc23)c1O. The minimum Gasteiger partial charge on any atom is -0.493 e. The van der Waals surface area contributed by atoms with E-state index in [9.17, 15) is 9.90 Å². The van der Waals surface area contributed by atoms with Gasteiger partial charge in [-0.25, -0.2) is 4.79 Å². The van der Waals surface area contributed by atoms with Crippen LogP contribution < -0.4 is 5.69 Å². The minimum atomic E-state index is -0.269. The van der Waals surface area contributed by atoms with Gasteiger partial charge in [-0.1, -0.05) is 18.2 Å². The molecule has 2 aromatic heterocycles. The molecule has 0 aliphatic rings. The van der Waals surface area contributed by atoms with Crippen LogP contribution in [0.5, 0.6) is 5.88 Å². The monoisotopic (exact) mass is 257 g/mol. The number of H-pyrrole nitrogens is 2. The molecule has 0 aliphatic heterocycles. The zero-order valence-electron chi connectivity index (χ0n) is 10.6. The van der Waals surface area contributed by atoms with Crippen LogP contribution in [0.4, 0.5) is 0 Å². The summed E-state index contributed by atoms with van der Waals surface area (Å²) in [5.41, 5.74) is 2.46. The highest BCUT2D eigenvalue weighted by Gasteiger charge is 2.10. The molecule has 19 heavy (non-hydrogen) atoms. The van der Waals surface area contributed by atoms with Gasteiger partial charge < -0.3 is 15.1 Å². The van der Waals surface area contributed by atoms with Crippen molar-refractivity contribution in [3.63, 3.8) is 0 Å². The van der Waals surface area contributed by atoms with Crippen molar-refractivity contribution in [2.45, 2.75) is 19.9 Å². The smallest absolute Gasteiger partial charge is 0.328 e. The van der Waals surface area contributed by atoms with Crippen LogP contribution in [0.1, 0.15) is 11.3 Å². The first kappa shape index (κ1) is 11.6. The number of hydrogen-bond acceptors (Lipinski definition) is 2. The Bertz CT molecular complexity index is 779. The fourth-order valence-electron chi connectivity index (χ4n) is 2.36. The van der Waals surface area contributed by atoms with Crippen LogP contribution in [0.3, 0.4) is 0 Å². The molecule has 0 aliphatic carbocycles. The first-order chi connectivity index (χ1) is 9.16. The van der Waals surface area contributed by atoms with Crippen molar-refractivity contribution in [3.05, 3.63) is 52.2 Å². The van der Waals surface area contributed by atoms with Crippen molar-refractivity contribution in [1.29, 1.82) is 0 Å². The van der Waals surface area contributed by atoms with E-state index < -0.39 is 0 Å². The summed E-state index contributed by atoms with van der Waals surface area (Å²) in [5.74, 6) is 0.0184. The van der Waals surface area contributed by atoms with E-state index in [0.29, 0.717) is 18.7 Å². The summed E-state index contributed by atoms with van der Waals surface area (Å²) in [6.45, 7) is 2.13. The van der Waals surface area contributed by atoms with Crippen LogP contribution in [0.15, 0.2) is 35.3 Å². The standard InChI is InChI=1S/C14H15N3O2/c1-9-13(18)17(14(19)16-9)7-6-10-8-15-12-5-3-2-4-11(10)12/h2-5,8,15,18H,6-7H2,1H3,(H,16,19). The number of fused-ring (bicyclic) bond motifs is 1. The summed E-state index contributed by atoms with van der Waals surface area (Å²) in [5, 5.41) is 10.9. The summed E-state index contributed by atoms with van der Waals surface area (Å²) >= 11 is 0. The number of aryl methyl sites for hydroxylation is 2. The molecule has 5 heteroatoms. The lowest BCUT2D eigenvalue weighted by Crippen LogP contribution is -2.17. The Hall–Kier alpha value is -2.43. The second kappa shape index (κ2) is 4.35.